The van der Waals surface area contributed by atoms with Gasteiger partial charge in [-0.1, -0.05) is 6.07 Å². The Morgan fingerprint density at radius 1 is 1.16 bits per heavy atom. The highest BCUT2D eigenvalue weighted by molar-refractivity contribution is 7.13. The molecule has 0 radical (unpaired) electrons. The minimum absolute atomic E-state index is 0.250. The average Bonchev–Trinajstić information content (AvgIpc) is 3.09. The lowest BCUT2D eigenvalue weighted by Gasteiger charge is -2.19. The van der Waals surface area contributed by atoms with Crippen LogP contribution in [-0.4, -0.2) is 21.4 Å². The van der Waals surface area contributed by atoms with Crippen LogP contribution in [0.15, 0.2) is 54.2 Å². The maximum atomic E-state index is 13.0. The summed E-state index contributed by atoms with van der Waals surface area (Å²) in [5, 5.41) is 11.8. The lowest BCUT2D eigenvalue weighted by atomic mass is 10.2. The first-order valence-electron chi connectivity index (χ1n) is 7.93. The topological polar surface area (TPSA) is 52.8 Å². The molecule has 0 bridgehead atoms. The van der Waals surface area contributed by atoms with Crippen molar-refractivity contribution in [2.75, 3.05) is 6.54 Å². The lowest BCUT2D eigenvalue weighted by Crippen LogP contribution is -2.24. The number of pyridine rings is 1. The molecule has 0 aliphatic carbocycles. The van der Waals surface area contributed by atoms with Crippen molar-refractivity contribution in [2.45, 2.75) is 19.5 Å². The van der Waals surface area contributed by atoms with Gasteiger partial charge in [0.1, 0.15) is 10.8 Å². The van der Waals surface area contributed by atoms with Crippen LogP contribution in [-0.2, 0) is 13.1 Å². The van der Waals surface area contributed by atoms with E-state index in [1.54, 1.807) is 29.7 Å². The summed E-state index contributed by atoms with van der Waals surface area (Å²) in [5.41, 5.74) is 2.97. The summed E-state index contributed by atoms with van der Waals surface area (Å²) in [6.45, 7) is 2.06. The highest BCUT2D eigenvalue weighted by Gasteiger charge is 2.11. The molecule has 0 amide bonds. The predicted octanol–water partition coefficient (Wildman–Crippen LogP) is 4.26. The zero-order chi connectivity index (χ0) is 17.5. The normalized spacial score (nSPS) is 10.8. The van der Waals surface area contributed by atoms with Crippen LogP contribution in [0.1, 0.15) is 17.7 Å². The van der Waals surface area contributed by atoms with Crippen molar-refractivity contribution in [1.29, 1.82) is 5.26 Å². The van der Waals surface area contributed by atoms with Crippen LogP contribution in [0, 0.1) is 17.1 Å². The van der Waals surface area contributed by atoms with Crippen molar-refractivity contribution >= 4 is 11.3 Å². The first kappa shape index (κ1) is 17.2. The highest BCUT2D eigenvalue weighted by atomic mass is 32.1. The van der Waals surface area contributed by atoms with Crippen LogP contribution < -0.4 is 0 Å². The van der Waals surface area contributed by atoms with E-state index >= 15 is 0 Å². The van der Waals surface area contributed by atoms with E-state index in [1.165, 1.54) is 12.1 Å². The van der Waals surface area contributed by atoms with E-state index in [-0.39, 0.29) is 5.82 Å². The number of benzene rings is 1. The predicted molar refractivity (Wildman–Crippen MR) is 96.1 cm³/mol. The van der Waals surface area contributed by atoms with Gasteiger partial charge in [0.25, 0.3) is 0 Å². The number of halogens is 1. The van der Waals surface area contributed by atoms with Crippen molar-refractivity contribution in [2.24, 2.45) is 0 Å². The quantitative estimate of drug-likeness (QED) is 0.637. The van der Waals surface area contributed by atoms with Gasteiger partial charge in [-0.15, -0.1) is 11.3 Å². The molecule has 0 saturated carbocycles. The van der Waals surface area contributed by atoms with Gasteiger partial charge < -0.3 is 0 Å². The maximum absolute atomic E-state index is 13.0. The molecule has 2 aromatic heterocycles. The minimum atomic E-state index is -0.250. The van der Waals surface area contributed by atoms with E-state index in [0.29, 0.717) is 19.5 Å². The second-order valence-electron chi connectivity index (χ2n) is 5.63. The summed E-state index contributed by atoms with van der Waals surface area (Å²) in [4.78, 5) is 11.0. The minimum Gasteiger partial charge on any atom is -0.292 e. The Kier molecular flexibility index (Phi) is 5.83. The molecule has 0 unspecified atom stereocenters. The van der Waals surface area contributed by atoms with E-state index < -0.39 is 0 Å². The van der Waals surface area contributed by atoms with Crippen LogP contribution in [0.5, 0.6) is 0 Å². The molecule has 0 N–H and O–H groups in total. The third kappa shape index (κ3) is 4.92. The third-order valence-corrected chi connectivity index (χ3v) is 4.64. The zero-order valence-electron chi connectivity index (χ0n) is 13.6. The Balaban J connectivity index is 1.71. The fourth-order valence-corrected chi connectivity index (χ4v) is 3.32. The molecule has 0 saturated heterocycles. The molecule has 1 aromatic carbocycles. The number of hydrogen-bond donors (Lipinski definition) is 0. The molecular weight excluding hydrogens is 335 g/mol. The molecule has 6 heteroatoms. The van der Waals surface area contributed by atoms with Crippen molar-refractivity contribution < 1.29 is 4.39 Å². The average molecular weight is 352 g/mol. The fraction of sp³-hybridized carbons (Fsp3) is 0.211. The lowest BCUT2D eigenvalue weighted by molar-refractivity contribution is 0.260. The maximum Gasteiger partial charge on any atom is 0.123 e. The largest absolute Gasteiger partial charge is 0.292 e. The van der Waals surface area contributed by atoms with Gasteiger partial charge in [-0.05, 0) is 35.9 Å². The van der Waals surface area contributed by atoms with Gasteiger partial charge in [0.05, 0.1) is 11.8 Å². The van der Waals surface area contributed by atoms with Gasteiger partial charge in [0, 0.05) is 49.4 Å². The Morgan fingerprint density at radius 2 is 2.00 bits per heavy atom. The van der Waals surface area contributed by atoms with Crippen LogP contribution in [0.4, 0.5) is 4.39 Å². The summed E-state index contributed by atoms with van der Waals surface area (Å²) in [6.07, 6.45) is 4.05. The number of nitriles is 1. The van der Waals surface area contributed by atoms with Crippen LogP contribution >= 0.6 is 11.3 Å². The molecule has 0 aliphatic rings. The van der Waals surface area contributed by atoms with Gasteiger partial charge in [-0.2, -0.15) is 5.26 Å². The van der Waals surface area contributed by atoms with Crippen molar-refractivity contribution in [3.8, 4) is 16.6 Å². The number of aromatic nitrogens is 2. The summed E-state index contributed by atoms with van der Waals surface area (Å²) >= 11 is 1.54. The van der Waals surface area contributed by atoms with E-state index in [9.17, 15) is 4.39 Å². The summed E-state index contributed by atoms with van der Waals surface area (Å²) in [6, 6.07) is 12.5. The summed E-state index contributed by atoms with van der Waals surface area (Å²) in [5.74, 6) is -0.250. The smallest absolute Gasteiger partial charge is 0.123 e. The summed E-state index contributed by atoms with van der Waals surface area (Å²) in [7, 11) is 0. The van der Waals surface area contributed by atoms with Crippen molar-refractivity contribution in [3.63, 3.8) is 0 Å². The number of hydrogen-bond acceptors (Lipinski definition) is 5. The first-order chi connectivity index (χ1) is 12.2. The van der Waals surface area contributed by atoms with E-state index in [4.69, 9.17) is 5.26 Å². The SMILES string of the molecule is N#CCCN(Cc1cccnc1)Cc1csc(-c2ccc(F)cc2)n1. The van der Waals surface area contributed by atoms with E-state index in [0.717, 1.165) is 28.4 Å². The highest BCUT2D eigenvalue weighted by Crippen LogP contribution is 2.24. The van der Waals surface area contributed by atoms with Crippen molar-refractivity contribution in [1.82, 2.24) is 14.9 Å². The second-order valence-corrected chi connectivity index (χ2v) is 6.49. The molecule has 4 nitrogen and oxygen atoms in total. The van der Waals surface area contributed by atoms with Gasteiger partial charge in [0.15, 0.2) is 0 Å². The molecule has 0 atom stereocenters. The third-order valence-electron chi connectivity index (χ3n) is 3.70. The monoisotopic (exact) mass is 352 g/mol. The standard InChI is InChI=1S/C19H17FN4S/c20-17-6-4-16(5-7-17)19-23-18(14-25-19)13-24(10-2-8-21)12-15-3-1-9-22-11-15/h1,3-7,9,11,14H,2,10,12-13H2. The van der Waals surface area contributed by atoms with Gasteiger partial charge >= 0.3 is 0 Å². The Labute approximate surface area is 150 Å². The number of rotatable bonds is 7. The van der Waals surface area contributed by atoms with Gasteiger partial charge in [-0.25, -0.2) is 9.37 Å². The Hall–Kier alpha value is -2.62. The van der Waals surface area contributed by atoms with E-state index in [2.05, 4.69) is 20.9 Å². The van der Waals surface area contributed by atoms with E-state index in [1.807, 2.05) is 23.7 Å². The van der Waals surface area contributed by atoms with Crippen LogP contribution in [0.2, 0.25) is 0 Å². The zero-order valence-corrected chi connectivity index (χ0v) is 14.4. The number of nitrogens with zero attached hydrogens (tertiary/aromatic N) is 4. The molecule has 0 fully saturated rings. The van der Waals surface area contributed by atoms with Gasteiger partial charge in [0.2, 0.25) is 0 Å². The second kappa shape index (κ2) is 8.47. The molecule has 0 spiro atoms. The molecule has 126 valence electrons. The molecule has 0 aliphatic heterocycles. The number of thiazole rings is 1. The summed E-state index contributed by atoms with van der Waals surface area (Å²) < 4.78 is 13.0. The molecule has 2 heterocycles. The van der Waals surface area contributed by atoms with Crippen LogP contribution in [0.3, 0.4) is 0 Å². The van der Waals surface area contributed by atoms with Gasteiger partial charge in [-0.3, -0.25) is 9.88 Å². The fourth-order valence-electron chi connectivity index (χ4n) is 2.51. The molecular formula is C19H17FN4S. The molecule has 25 heavy (non-hydrogen) atoms. The Morgan fingerprint density at radius 3 is 2.72 bits per heavy atom. The first-order valence-corrected chi connectivity index (χ1v) is 8.81. The molecule has 3 rings (SSSR count). The molecule has 3 aromatic rings. The van der Waals surface area contributed by atoms with Crippen LogP contribution in [0.25, 0.3) is 10.6 Å². The van der Waals surface area contributed by atoms with Crippen molar-refractivity contribution in [3.05, 3.63) is 71.2 Å². The Bertz CT molecular complexity index is 840.